The fourth-order valence-corrected chi connectivity index (χ4v) is 3.48. The molecule has 0 radical (unpaired) electrons. The van der Waals surface area contributed by atoms with Crippen LogP contribution in [-0.2, 0) is 6.42 Å². The van der Waals surface area contributed by atoms with Crippen molar-refractivity contribution >= 4 is 11.7 Å². The average Bonchev–Trinajstić information content (AvgIpc) is 3.31. The Bertz CT molecular complexity index is 789. The van der Waals surface area contributed by atoms with Gasteiger partial charge in [-0.05, 0) is 31.4 Å². The molecule has 1 aromatic heterocycles. The monoisotopic (exact) mass is 357 g/mol. The summed E-state index contributed by atoms with van der Waals surface area (Å²) < 4.78 is 16.5. The van der Waals surface area contributed by atoms with Gasteiger partial charge in [-0.1, -0.05) is 12.1 Å². The van der Waals surface area contributed by atoms with E-state index in [2.05, 4.69) is 17.4 Å². The number of benzene rings is 1. The highest BCUT2D eigenvalue weighted by atomic mass is 16.6. The summed E-state index contributed by atoms with van der Waals surface area (Å²) in [5, 5.41) is 7.14. The number of carbonyl (C=O) groups excluding carboxylic acids is 1. The molecule has 2 aromatic rings. The molecule has 1 saturated heterocycles. The van der Waals surface area contributed by atoms with Crippen molar-refractivity contribution in [1.29, 1.82) is 0 Å². The molecule has 0 spiro atoms. The Labute approximate surface area is 152 Å². The third-order valence-corrected chi connectivity index (χ3v) is 4.72. The van der Waals surface area contributed by atoms with E-state index in [1.54, 1.807) is 6.07 Å². The summed E-state index contributed by atoms with van der Waals surface area (Å²) in [7, 11) is 0. The molecule has 4 rings (SSSR count). The van der Waals surface area contributed by atoms with Gasteiger partial charge in [-0.15, -0.1) is 0 Å². The molecule has 2 amide bonds. The number of hydrogen-bond acceptors (Lipinski definition) is 5. The van der Waals surface area contributed by atoms with Gasteiger partial charge in [-0.25, -0.2) is 4.79 Å². The molecule has 2 aliphatic heterocycles. The van der Waals surface area contributed by atoms with E-state index in [1.165, 1.54) is 0 Å². The molecule has 7 heteroatoms. The Morgan fingerprint density at radius 1 is 1.27 bits per heavy atom. The summed E-state index contributed by atoms with van der Waals surface area (Å²) in [4.78, 5) is 14.6. The molecule has 0 aliphatic carbocycles. The van der Waals surface area contributed by atoms with Crippen LogP contribution in [0.1, 0.15) is 43.7 Å². The predicted octanol–water partition coefficient (Wildman–Crippen LogP) is 3.77. The Kier molecular flexibility index (Phi) is 4.69. The highest BCUT2D eigenvalue weighted by molar-refractivity contribution is 5.90. The van der Waals surface area contributed by atoms with Crippen LogP contribution in [0.25, 0.3) is 0 Å². The average molecular weight is 357 g/mol. The fraction of sp³-hybridized carbons (Fsp3) is 0.474. The van der Waals surface area contributed by atoms with Gasteiger partial charge in [-0.2, -0.15) is 0 Å². The van der Waals surface area contributed by atoms with E-state index in [0.717, 1.165) is 37.1 Å². The van der Waals surface area contributed by atoms with Crippen molar-refractivity contribution in [3.8, 4) is 11.5 Å². The van der Waals surface area contributed by atoms with Crippen LogP contribution in [0, 0.1) is 0 Å². The number of fused-ring (bicyclic) bond motifs is 1. The number of nitrogens with zero attached hydrogens (tertiary/aromatic N) is 2. The quantitative estimate of drug-likeness (QED) is 0.901. The smallest absolute Gasteiger partial charge is 0.322 e. The summed E-state index contributed by atoms with van der Waals surface area (Å²) in [5.74, 6) is 2.24. The predicted molar refractivity (Wildman–Crippen MR) is 95.6 cm³/mol. The van der Waals surface area contributed by atoms with Crippen molar-refractivity contribution in [2.45, 2.75) is 38.6 Å². The lowest BCUT2D eigenvalue weighted by Crippen LogP contribution is -2.34. The van der Waals surface area contributed by atoms with Crippen LogP contribution in [0.4, 0.5) is 10.5 Å². The second-order valence-corrected chi connectivity index (χ2v) is 6.61. The Morgan fingerprint density at radius 3 is 2.96 bits per heavy atom. The number of likely N-dealkylation sites (tertiary alicyclic amines) is 1. The van der Waals surface area contributed by atoms with E-state index in [0.29, 0.717) is 36.9 Å². The maximum Gasteiger partial charge on any atom is 0.322 e. The number of rotatable bonds is 4. The lowest BCUT2D eigenvalue weighted by Gasteiger charge is -2.24. The summed E-state index contributed by atoms with van der Waals surface area (Å²) in [6.07, 6.45) is 3.72. The number of carbonyl (C=O) groups is 1. The lowest BCUT2D eigenvalue weighted by atomic mass is 10.1. The fourth-order valence-electron chi connectivity index (χ4n) is 3.48. The Balaban J connectivity index is 1.46. The van der Waals surface area contributed by atoms with Crippen LogP contribution in [0.15, 0.2) is 28.8 Å². The van der Waals surface area contributed by atoms with Crippen molar-refractivity contribution in [3.63, 3.8) is 0 Å². The van der Waals surface area contributed by atoms with Crippen LogP contribution < -0.4 is 14.8 Å². The van der Waals surface area contributed by atoms with E-state index in [1.807, 2.05) is 23.1 Å². The van der Waals surface area contributed by atoms with Gasteiger partial charge >= 0.3 is 6.03 Å². The zero-order valence-corrected chi connectivity index (χ0v) is 14.9. The van der Waals surface area contributed by atoms with Crippen molar-refractivity contribution < 1.29 is 18.8 Å². The number of nitrogens with one attached hydrogen (secondary N) is 1. The molecular formula is C19H23N3O4. The van der Waals surface area contributed by atoms with Crippen molar-refractivity contribution in [1.82, 2.24) is 10.1 Å². The van der Waals surface area contributed by atoms with Gasteiger partial charge in [0, 0.05) is 30.8 Å². The summed E-state index contributed by atoms with van der Waals surface area (Å²) >= 11 is 0. The van der Waals surface area contributed by atoms with Crippen LogP contribution in [-0.4, -0.2) is 35.8 Å². The molecule has 1 N–H and O–H groups in total. The molecule has 1 atom stereocenters. The highest BCUT2D eigenvalue weighted by Crippen LogP contribution is 2.35. The third kappa shape index (κ3) is 3.34. The van der Waals surface area contributed by atoms with Crippen molar-refractivity contribution in [2.75, 3.05) is 25.1 Å². The largest absolute Gasteiger partial charge is 0.486 e. The minimum absolute atomic E-state index is 0.0402. The highest BCUT2D eigenvalue weighted by Gasteiger charge is 2.32. The Morgan fingerprint density at radius 2 is 2.12 bits per heavy atom. The van der Waals surface area contributed by atoms with Crippen LogP contribution in [0.3, 0.4) is 0 Å². The Hall–Kier alpha value is -2.70. The molecule has 0 saturated carbocycles. The maximum absolute atomic E-state index is 12.8. The number of urea groups is 1. The van der Waals surface area contributed by atoms with Gasteiger partial charge < -0.3 is 24.2 Å². The van der Waals surface area contributed by atoms with Gasteiger partial charge in [0.1, 0.15) is 24.7 Å². The molecule has 1 aromatic carbocycles. The van der Waals surface area contributed by atoms with Gasteiger partial charge in [0.25, 0.3) is 0 Å². The van der Waals surface area contributed by atoms with Crippen molar-refractivity contribution in [2.24, 2.45) is 0 Å². The number of ether oxygens (including phenoxy) is 2. The molecule has 26 heavy (non-hydrogen) atoms. The molecule has 0 bridgehead atoms. The van der Waals surface area contributed by atoms with E-state index >= 15 is 0 Å². The first kappa shape index (κ1) is 16.8. The standard InChI is InChI=1S/C19H23N3O4/c1-2-4-14-12-15(21-26-14)16-5-3-8-22(16)19(23)20-13-6-7-17-18(11-13)25-10-9-24-17/h6-7,11-12,16H,2-5,8-10H2,1H3,(H,20,23). The van der Waals surface area contributed by atoms with E-state index in [-0.39, 0.29) is 12.1 Å². The third-order valence-electron chi connectivity index (χ3n) is 4.72. The van der Waals surface area contributed by atoms with Crippen molar-refractivity contribution in [3.05, 3.63) is 35.7 Å². The minimum Gasteiger partial charge on any atom is -0.486 e. The van der Waals surface area contributed by atoms with Gasteiger partial charge in [0.05, 0.1) is 6.04 Å². The van der Waals surface area contributed by atoms with Gasteiger partial charge in [-0.3, -0.25) is 0 Å². The van der Waals surface area contributed by atoms with E-state index in [9.17, 15) is 4.79 Å². The minimum atomic E-state index is -0.135. The maximum atomic E-state index is 12.8. The van der Waals surface area contributed by atoms with Gasteiger partial charge in [0.2, 0.25) is 0 Å². The second kappa shape index (κ2) is 7.27. The first-order valence-corrected chi connectivity index (χ1v) is 9.17. The number of aromatic nitrogens is 1. The molecule has 2 aliphatic rings. The number of amides is 2. The zero-order valence-electron chi connectivity index (χ0n) is 14.9. The summed E-state index contributed by atoms with van der Waals surface area (Å²) in [6, 6.07) is 7.24. The molecule has 138 valence electrons. The molecule has 1 unspecified atom stereocenters. The molecular weight excluding hydrogens is 334 g/mol. The lowest BCUT2D eigenvalue weighted by molar-refractivity contribution is 0.171. The number of anilines is 1. The van der Waals surface area contributed by atoms with Crippen LogP contribution >= 0.6 is 0 Å². The zero-order chi connectivity index (χ0) is 17.9. The normalized spacial score (nSPS) is 18.8. The second-order valence-electron chi connectivity index (χ2n) is 6.61. The molecule has 3 heterocycles. The van der Waals surface area contributed by atoms with Crippen LogP contribution in [0.2, 0.25) is 0 Å². The molecule has 7 nitrogen and oxygen atoms in total. The first-order chi connectivity index (χ1) is 12.7. The van der Waals surface area contributed by atoms with Gasteiger partial charge in [0.15, 0.2) is 11.5 Å². The van der Waals surface area contributed by atoms with Crippen LogP contribution in [0.5, 0.6) is 11.5 Å². The SMILES string of the molecule is CCCc1cc(C2CCCN2C(=O)Nc2ccc3c(c2)OCCO3)no1. The first-order valence-electron chi connectivity index (χ1n) is 9.17. The van der Waals surface area contributed by atoms with E-state index in [4.69, 9.17) is 14.0 Å². The molecule has 1 fully saturated rings. The summed E-state index contributed by atoms with van der Waals surface area (Å²) in [6.45, 7) is 3.87. The number of aryl methyl sites for hydroxylation is 1. The van der Waals surface area contributed by atoms with E-state index < -0.39 is 0 Å². The topological polar surface area (TPSA) is 76.8 Å². The summed E-state index contributed by atoms with van der Waals surface area (Å²) in [5.41, 5.74) is 1.53. The number of hydrogen-bond donors (Lipinski definition) is 1.